The molecular formula is C16H18N4O2. The second kappa shape index (κ2) is 5.14. The molecule has 6 nitrogen and oxygen atoms in total. The number of aromatic nitrogens is 2. The molecule has 2 heterocycles. The van der Waals surface area contributed by atoms with E-state index in [-0.39, 0.29) is 12.1 Å². The molecule has 4 rings (SSSR count). The second-order valence-corrected chi connectivity index (χ2v) is 5.76. The van der Waals surface area contributed by atoms with Gasteiger partial charge < -0.3 is 10.1 Å². The first-order valence-corrected chi connectivity index (χ1v) is 7.53. The minimum Gasteiger partial charge on any atom is -0.497 e. The summed E-state index contributed by atoms with van der Waals surface area (Å²) in [5.74, 6) is 0.705. The third-order valence-corrected chi connectivity index (χ3v) is 4.09. The van der Waals surface area contributed by atoms with Gasteiger partial charge in [-0.25, -0.2) is 4.68 Å². The summed E-state index contributed by atoms with van der Waals surface area (Å²) in [6, 6.07) is 10.1. The lowest BCUT2D eigenvalue weighted by molar-refractivity contribution is 0.0900. The minimum absolute atomic E-state index is 0.0274. The van der Waals surface area contributed by atoms with Gasteiger partial charge in [0.15, 0.2) is 0 Å². The number of fused-ring (bicyclic) bond motifs is 1. The number of benzene rings is 1. The largest absolute Gasteiger partial charge is 0.497 e. The van der Waals surface area contributed by atoms with Crippen molar-refractivity contribution in [1.82, 2.24) is 20.4 Å². The highest BCUT2D eigenvalue weighted by atomic mass is 16.5. The van der Waals surface area contributed by atoms with E-state index in [9.17, 15) is 4.79 Å². The molecule has 0 saturated heterocycles. The van der Waals surface area contributed by atoms with Crippen molar-refractivity contribution in [2.45, 2.75) is 25.0 Å². The van der Waals surface area contributed by atoms with Crippen molar-refractivity contribution in [3.8, 4) is 17.0 Å². The highest BCUT2D eigenvalue weighted by Crippen LogP contribution is 2.27. The van der Waals surface area contributed by atoms with Crippen molar-refractivity contribution < 1.29 is 9.53 Å². The number of methoxy groups -OCH3 is 1. The first-order chi connectivity index (χ1) is 10.7. The average Bonchev–Trinajstić information content (AvgIpc) is 3.24. The van der Waals surface area contributed by atoms with Gasteiger partial charge in [-0.2, -0.15) is 5.10 Å². The predicted molar refractivity (Wildman–Crippen MR) is 81.7 cm³/mol. The van der Waals surface area contributed by atoms with Gasteiger partial charge >= 0.3 is 0 Å². The Bertz CT molecular complexity index is 721. The van der Waals surface area contributed by atoms with E-state index in [1.807, 2.05) is 35.0 Å². The van der Waals surface area contributed by atoms with Crippen LogP contribution >= 0.6 is 0 Å². The Morgan fingerprint density at radius 1 is 1.36 bits per heavy atom. The van der Waals surface area contributed by atoms with Crippen LogP contribution in [0.5, 0.6) is 5.75 Å². The van der Waals surface area contributed by atoms with Crippen molar-refractivity contribution in [3.05, 3.63) is 36.0 Å². The molecule has 0 bridgehead atoms. The summed E-state index contributed by atoms with van der Waals surface area (Å²) in [5.41, 5.74) is 2.33. The molecule has 1 aliphatic heterocycles. The molecule has 1 aliphatic carbocycles. The van der Waals surface area contributed by atoms with Crippen LogP contribution in [0.4, 0.5) is 0 Å². The fraction of sp³-hybridized carbons (Fsp3) is 0.375. The van der Waals surface area contributed by atoms with Gasteiger partial charge in [0.1, 0.15) is 17.6 Å². The lowest BCUT2D eigenvalue weighted by atomic mass is 10.1. The molecule has 1 fully saturated rings. The summed E-state index contributed by atoms with van der Waals surface area (Å²) in [7, 11) is 1.64. The SMILES string of the molecule is COc1cccc(-c2cc3n(n2)[C@H](NC2CC2)CNC3=O)c1. The maximum Gasteiger partial charge on any atom is 0.269 e. The normalized spacial score (nSPS) is 20.4. The van der Waals surface area contributed by atoms with Gasteiger partial charge in [0.25, 0.3) is 5.91 Å². The van der Waals surface area contributed by atoms with Gasteiger partial charge in [-0.1, -0.05) is 12.1 Å². The predicted octanol–water partition coefficient (Wildman–Crippen LogP) is 1.55. The lowest BCUT2D eigenvalue weighted by Crippen LogP contribution is -2.45. The number of rotatable bonds is 4. The Hall–Kier alpha value is -2.34. The van der Waals surface area contributed by atoms with Crippen LogP contribution in [0.1, 0.15) is 29.5 Å². The van der Waals surface area contributed by atoms with E-state index in [0.717, 1.165) is 17.0 Å². The monoisotopic (exact) mass is 298 g/mol. The molecule has 1 atom stereocenters. The zero-order valence-corrected chi connectivity index (χ0v) is 12.4. The topological polar surface area (TPSA) is 68.2 Å². The molecule has 0 spiro atoms. The van der Waals surface area contributed by atoms with Crippen LogP contribution in [0.15, 0.2) is 30.3 Å². The van der Waals surface area contributed by atoms with Crippen LogP contribution in [0.3, 0.4) is 0 Å². The third-order valence-electron chi connectivity index (χ3n) is 4.09. The maximum absolute atomic E-state index is 12.1. The Morgan fingerprint density at radius 2 is 2.23 bits per heavy atom. The second-order valence-electron chi connectivity index (χ2n) is 5.76. The molecule has 22 heavy (non-hydrogen) atoms. The summed E-state index contributed by atoms with van der Waals surface area (Å²) >= 11 is 0. The number of carbonyl (C=O) groups is 1. The number of nitrogens with one attached hydrogen (secondary N) is 2. The van der Waals surface area contributed by atoms with Gasteiger partial charge in [-0.05, 0) is 31.0 Å². The van der Waals surface area contributed by atoms with Crippen molar-refractivity contribution >= 4 is 5.91 Å². The molecule has 1 saturated carbocycles. The molecule has 6 heteroatoms. The Labute approximate surface area is 128 Å². The summed E-state index contributed by atoms with van der Waals surface area (Å²) in [4.78, 5) is 12.1. The standard InChI is InChI=1S/C16H18N4O2/c1-22-12-4-2-3-10(7-12)13-8-14-16(21)17-9-15(20(14)19-13)18-11-5-6-11/h2-4,7-8,11,15,18H,5-6,9H2,1H3,(H,17,21)/t15-/m0/s1. The number of hydrogen-bond acceptors (Lipinski definition) is 4. The van der Waals surface area contributed by atoms with Crippen LogP contribution < -0.4 is 15.4 Å². The molecule has 114 valence electrons. The maximum atomic E-state index is 12.1. The van der Waals surface area contributed by atoms with E-state index in [1.54, 1.807) is 7.11 Å². The van der Waals surface area contributed by atoms with E-state index in [2.05, 4.69) is 15.7 Å². The Morgan fingerprint density at radius 3 is 3.00 bits per heavy atom. The number of hydrogen-bond donors (Lipinski definition) is 2. The highest BCUT2D eigenvalue weighted by molar-refractivity contribution is 5.94. The summed E-state index contributed by atoms with van der Waals surface area (Å²) in [6.07, 6.45) is 2.42. The van der Waals surface area contributed by atoms with Crippen LogP contribution in [0.2, 0.25) is 0 Å². The minimum atomic E-state index is -0.0736. The number of nitrogens with zero attached hydrogens (tertiary/aromatic N) is 2. The van der Waals surface area contributed by atoms with Gasteiger partial charge in [-0.15, -0.1) is 0 Å². The first-order valence-electron chi connectivity index (χ1n) is 7.53. The van der Waals surface area contributed by atoms with Gasteiger partial charge in [0.05, 0.1) is 19.3 Å². The summed E-state index contributed by atoms with van der Waals surface area (Å²) in [6.45, 7) is 0.571. The molecular weight excluding hydrogens is 280 g/mol. The zero-order chi connectivity index (χ0) is 15.1. The molecule has 0 unspecified atom stereocenters. The number of amides is 1. The van der Waals surface area contributed by atoms with Crippen molar-refractivity contribution in [2.75, 3.05) is 13.7 Å². The van der Waals surface area contributed by atoms with Gasteiger partial charge in [0, 0.05) is 11.6 Å². The fourth-order valence-corrected chi connectivity index (χ4v) is 2.74. The van der Waals surface area contributed by atoms with E-state index in [0.29, 0.717) is 18.3 Å². The van der Waals surface area contributed by atoms with Crippen molar-refractivity contribution in [1.29, 1.82) is 0 Å². The molecule has 1 amide bonds. The molecule has 2 N–H and O–H groups in total. The Balaban J connectivity index is 1.71. The van der Waals surface area contributed by atoms with Crippen LogP contribution in [0, 0.1) is 0 Å². The quantitative estimate of drug-likeness (QED) is 0.898. The summed E-state index contributed by atoms with van der Waals surface area (Å²) in [5, 5.41) is 11.1. The van der Waals surface area contributed by atoms with Crippen molar-refractivity contribution in [3.63, 3.8) is 0 Å². The third kappa shape index (κ3) is 2.35. The first kappa shape index (κ1) is 13.3. The fourth-order valence-electron chi connectivity index (χ4n) is 2.74. The molecule has 2 aromatic rings. The smallest absolute Gasteiger partial charge is 0.269 e. The average molecular weight is 298 g/mol. The number of ether oxygens (including phenoxy) is 1. The summed E-state index contributed by atoms with van der Waals surface area (Å²) < 4.78 is 7.07. The van der Waals surface area contributed by atoms with Crippen LogP contribution in [-0.2, 0) is 0 Å². The lowest BCUT2D eigenvalue weighted by Gasteiger charge is -2.25. The van der Waals surface area contributed by atoms with Gasteiger partial charge in [-0.3, -0.25) is 10.1 Å². The zero-order valence-electron chi connectivity index (χ0n) is 12.4. The Kier molecular flexibility index (Phi) is 3.11. The molecule has 1 aromatic heterocycles. The molecule has 1 aromatic carbocycles. The van der Waals surface area contributed by atoms with E-state index >= 15 is 0 Å². The van der Waals surface area contributed by atoms with Gasteiger partial charge in [0.2, 0.25) is 0 Å². The number of carbonyl (C=O) groups excluding carboxylic acids is 1. The van der Waals surface area contributed by atoms with Crippen LogP contribution in [-0.4, -0.2) is 35.4 Å². The molecule has 2 aliphatic rings. The van der Waals surface area contributed by atoms with Crippen molar-refractivity contribution in [2.24, 2.45) is 0 Å². The highest BCUT2D eigenvalue weighted by Gasteiger charge is 2.31. The van der Waals surface area contributed by atoms with E-state index < -0.39 is 0 Å². The van der Waals surface area contributed by atoms with Crippen LogP contribution in [0.25, 0.3) is 11.3 Å². The van der Waals surface area contributed by atoms with E-state index in [1.165, 1.54) is 12.8 Å². The van der Waals surface area contributed by atoms with E-state index in [4.69, 9.17) is 4.74 Å². The molecule has 0 radical (unpaired) electrons.